The van der Waals surface area contributed by atoms with Crippen LogP contribution >= 0.6 is 0 Å². The summed E-state index contributed by atoms with van der Waals surface area (Å²) in [7, 11) is 1.77. The third-order valence-electron chi connectivity index (χ3n) is 3.31. The number of hydrogen-bond acceptors (Lipinski definition) is 3. The van der Waals surface area contributed by atoms with Crippen molar-refractivity contribution < 1.29 is 4.74 Å². The molecule has 0 saturated carbocycles. The van der Waals surface area contributed by atoms with Gasteiger partial charge in [0.05, 0.1) is 12.6 Å². The Balaban J connectivity index is 2.87. The highest BCUT2D eigenvalue weighted by atomic mass is 16.5. The normalized spacial score (nSPS) is 12.4. The van der Waals surface area contributed by atoms with E-state index in [-0.39, 0.29) is 0 Å². The van der Waals surface area contributed by atoms with Crippen LogP contribution in [0.1, 0.15) is 25.3 Å². The molecule has 1 atom stereocenters. The zero-order chi connectivity index (χ0) is 13.4. The average Bonchev–Trinajstić information content (AvgIpc) is 2.38. The summed E-state index contributed by atoms with van der Waals surface area (Å²) in [5.41, 5.74) is 8.24. The van der Waals surface area contributed by atoms with Gasteiger partial charge in [-0.05, 0) is 44.9 Å². The Labute approximate surface area is 111 Å². The number of methoxy groups -OCH3 is 1. The second-order valence-electron chi connectivity index (χ2n) is 4.61. The Bertz CT molecular complexity index is 341. The van der Waals surface area contributed by atoms with Crippen LogP contribution in [-0.2, 0) is 4.74 Å². The van der Waals surface area contributed by atoms with Gasteiger partial charge in [-0.15, -0.1) is 0 Å². The van der Waals surface area contributed by atoms with E-state index >= 15 is 0 Å². The second kappa shape index (κ2) is 8.11. The van der Waals surface area contributed by atoms with Crippen molar-refractivity contribution in [3.63, 3.8) is 0 Å². The van der Waals surface area contributed by atoms with Gasteiger partial charge < -0.3 is 15.4 Å². The van der Waals surface area contributed by atoms with E-state index in [1.807, 2.05) is 0 Å². The maximum absolute atomic E-state index is 5.62. The highest BCUT2D eigenvalue weighted by Gasteiger charge is 2.18. The number of para-hydroxylation sites is 1. The molecular formula is C15H26N2O. The third kappa shape index (κ3) is 4.00. The van der Waals surface area contributed by atoms with Gasteiger partial charge in [0, 0.05) is 19.3 Å². The molecule has 1 unspecified atom stereocenters. The van der Waals surface area contributed by atoms with Gasteiger partial charge in [-0.3, -0.25) is 0 Å². The van der Waals surface area contributed by atoms with Gasteiger partial charge in [0.2, 0.25) is 0 Å². The first-order valence-electron chi connectivity index (χ1n) is 6.75. The minimum atomic E-state index is 0.407. The Morgan fingerprint density at radius 3 is 2.61 bits per heavy atom. The number of nitrogens with two attached hydrogens (primary N) is 1. The van der Waals surface area contributed by atoms with Crippen molar-refractivity contribution in [2.24, 2.45) is 5.73 Å². The highest BCUT2D eigenvalue weighted by Crippen LogP contribution is 2.23. The predicted molar refractivity (Wildman–Crippen MR) is 78.2 cm³/mol. The highest BCUT2D eigenvalue weighted by molar-refractivity contribution is 5.53. The maximum Gasteiger partial charge on any atom is 0.0666 e. The molecular weight excluding hydrogens is 224 g/mol. The third-order valence-corrected chi connectivity index (χ3v) is 3.31. The van der Waals surface area contributed by atoms with Crippen LogP contribution in [0.4, 0.5) is 5.69 Å². The van der Waals surface area contributed by atoms with Crippen LogP contribution in [0.15, 0.2) is 24.3 Å². The standard InChI is InChI=1S/C15H26N2O/c1-4-17(14(12-18-3)9-7-11-16)15-10-6-5-8-13(15)2/h5-6,8,10,14H,4,7,9,11-12,16H2,1-3H3. The zero-order valence-electron chi connectivity index (χ0n) is 11.9. The number of aryl methyl sites for hydroxylation is 1. The van der Waals surface area contributed by atoms with Crippen LogP contribution in [-0.4, -0.2) is 32.8 Å². The van der Waals surface area contributed by atoms with Crippen molar-refractivity contribution in [2.75, 3.05) is 31.7 Å². The van der Waals surface area contributed by atoms with Crippen molar-refractivity contribution in [1.29, 1.82) is 0 Å². The number of anilines is 1. The molecule has 0 fully saturated rings. The largest absolute Gasteiger partial charge is 0.383 e. The van der Waals surface area contributed by atoms with E-state index in [0.717, 1.165) is 32.5 Å². The molecule has 102 valence electrons. The first-order valence-corrected chi connectivity index (χ1v) is 6.75. The molecule has 0 heterocycles. The molecule has 3 nitrogen and oxygen atoms in total. The molecule has 0 saturated heterocycles. The van der Waals surface area contributed by atoms with Crippen LogP contribution in [0, 0.1) is 6.92 Å². The average molecular weight is 250 g/mol. The predicted octanol–water partition coefficient (Wildman–Crippen LogP) is 2.58. The maximum atomic E-state index is 5.62. The molecule has 0 aromatic heterocycles. The van der Waals surface area contributed by atoms with Gasteiger partial charge in [0.15, 0.2) is 0 Å². The van der Waals surface area contributed by atoms with Crippen LogP contribution in [0.5, 0.6) is 0 Å². The Morgan fingerprint density at radius 2 is 2.06 bits per heavy atom. The Hall–Kier alpha value is -1.06. The molecule has 0 radical (unpaired) electrons. The molecule has 0 bridgehead atoms. The van der Waals surface area contributed by atoms with E-state index in [4.69, 9.17) is 10.5 Å². The van der Waals surface area contributed by atoms with Crippen LogP contribution in [0.3, 0.4) is 0 Å². The van der Waals surface area contributed by atoms with Crippen molar-refractivity contribution in [3.05, 3.63) is 29.8 Å². The monoisotopic (exact) mass is 250 g/mol. The van der Waals surface area contributed by atoms with Gasteiger partial charge in [-0.1, -0.05) is 18.2 Å². The van der Waals surface area contributed by atoms with Crippen LogP contribution in [0.2, 0.25) is 0 Å². The lowest BCUT2D eigenvalue weighted by Crippen LogP contribution is -2.39. The van der Waals surface area contributed by atoms with E-state index < -0.39 is 0 Å². The number of rotatable bonds is 8. The van der Waals surface area contributed by atoms with Gasteiger partial charge in [-0.2, -0.15) is 0 Å². The summed E-state index contributed by atoms with van der Waals surface area (Å²) in [6, 6.07) is 8.93. The van der Waals surface area contributed by atoms with E-state index in [0.29, 0.717) is 6.04 Å². The van der Waals surface area contributed by atoms with Crippen molar-refractivity contribution in [1.82, 2.24) is 0 Å². The minimum absolute atomic E-state index is 0.407. The second-order valence-corrected chi connectivity index (χ2v) is 4.61. The summed E-state index contributed by atoms with van der Waals surface area (Å²) in [6.45, 7) is 6.83. The van der Waals surface area contributed by atoms with Crippen molar-refractivity contribution in [2.45, 2.75) is 32.7 Å². The number of ether oxygens (including phenoxy) is 1. The molecule has 0 aliphatic carbocycles. The number of nitrogens with zero attached hydrogens (tertiary/aromatic N) is 1. The molecule has 0 aliphatic heterocycles. The first kappa shape index (κ1) is 15.0. The Kier molecular flexibility index (Phi) is 6.76. The lowest BCUT2D eigenvalue weighted by molar-refractivity contribution is 0.172. The number of hydrogen-bond donors (Lipinski definition) is 1. The molecule has 1 aromatic rings. The molecule has 2 N–H and O–H groups in total. The van der Waals surface area contributed by atoms with E-state index in [1.165, 1.54) is 11.3 Å². The molecule has 0 aliphatic rings. The van der Waals surface area contributed by atoms with Gasteiger partial charge >= 0.3 is 0 Å². The van der Waals surface area contributed by atoms with Gasteiger partial charge in [0.1, 0.15) is 0 Å². The summed E-state index contributed by atoms with van der Waals surface area (Å²) in [4.78, 5) is 2.43. The van der Waals surface area contributed by atoms with E-state index in [1.54, 1.807) is 7.11 Å². The fraction of sp³-hybridized carbons (Fsp3) is 0.600. The minimum Gasteiger partial charge on any atom is -0.383 e. The van der Waals surface area contributed by atoms with E-state index in [2.05, 4.69) is 43.0 Å². The zero-order valence-corrected chi connectivity index (χ0v) is 11.9. The van der Waals surface area contributed by atoms with Gasteiger partial charge in [0.25, 0.3) is 0 Å². The van der Waals surface area contributed by atoms with Crippen molar-refractivity contribution >= 4 is 5.69 Å². The summed E-state index contributed by atoms with van der Waals surface area (Å²) >= 11 is 0. The smallest absolute Gasteiger partial charge is 0.0666 e. The van der Waals surface area contributed by atoms with Crippen molar-refractivity contribution in [3.8, 4) is 0 Å². The van der Waals surface area contributed by atoms with Gasteiger partial charge in [-0.25, -0.2) is 0 Å². The first-order chi connectivity index (χ1) is 8.74. The van der Waals surface area contributed by atoms with Crippen LogP contribution in [0.25, 0.3) is 0 Å². The summed E-state index contributed by atoms with van der Waals surface area (Å²) < 4.78 is 5.36. The topological polar surface area (TPSA) is 38.5 Å². The number of likely N-dealkylation sites (N-methyl/N-ethyl adjacent to an activating group) is 1. The molecule has 1 aromatic carbocycles. The summed E-state index contributed by atoms with van der Waals surface area (Å²) in [5, 5.41) is 0. The number of benzene rings is 1. The lowest BCUT2D eigenvalue weighted by Gasteiger charge is -2.33. The van der Waals surface area contributed by atoms with Crippen LogP contribution < -0.4 is 10.6 Å². The quantitative estimate of drug-likeness (QED) is 0.770. The molecule has 18 heavy (non-hydrogen) atoms. The summed E-state index contributed by atoms with van der Waals surface area (Å²) in [5.74, 6) is 0. The summed E-state index contributed by atoms with van der Waals surface area (Å²) in [6.07, 6.45) is 2.11. The SMILES string of the molecule is CCN(c1ccccc1C)C(CCCN)COC. The molecule has 0 amide bonds. The molecule has 0 spiro atoms. The molecule has 3 heteroatoms. The fourth-order valence-electron chi connectivity index (χ4n) is 2.39. The molecule has 1 rings (SSSR count). The lowest BCUT2D eigenvalue weighted by atomic mass is 10.1. The Morgan fingerprint density at radius 1 is 1.33 bits per heavy atom. The fourth-order valence-corrected chi connectivity index (χ4v) is 2.39. The van der Waals surface area contributed by atoms with E-state index in [9.17, 15) is 0 Å².